The minimum Gasteiger partial charge on any atom is -0.423 e. The third-order valence-electron chi connectivity index (χ3n) is 7.52. The third-order valence-corrected chi connectivity index (χ3v) is 7.52. The Labute approximate surface area is 195 Å². The van der Waals surface area contributed by atoms with E-state index in [9.17, 15) is 9.18 Å². The molecule has 33 heavy (non-hydrogen) atoms. The average Bonchev–Trinajstić information content (AvgIpc) is 2.82. The predicted octanol–water partition coefficient (Wildman–Crippen LogP) is 7.79. The summed E-state index contributed by atoms with van der Waals surface area (Å²) in [5.41, 5.74) is 1.36. The molecule has 4 heteroatoms. The van der Waals surface area contributed by atoms with E-state index in [0.717, 1.165) is 25.2 Å². The van der Waals surface area contributed by atoms with Gasteiger partial charge in [0.15, 0.2) is 0 Å². The lowest BCUT2D eigenvalue weighted by molar-refractivity contribution is 0.0733. The molecule has 0 spiro atoms. The molecule has 4 rings (SSSR count). The lowest BCUT2D eigenvalue weighted by Crippen LogP contribution is -2.30. The number of aryl methyl sites for hydroxylation is 1. The molecular weight excluding hydrogens is 418 g/mol. The Morgan fingerprint density at radius 3 is 2.48 bits per heavy atom. The van der Waals surface area contributed by atoms with Gasteiger partial charge < -0.3 is 4.74 Å². The van der Waals surface area contributed by atoms with Gasteiger partial charge in [-0.15, -0.1) is 13.2 Å². The van der Waals surface area contributed by atoms with Crippen molar-refractivity contribution in [2.24, 2.45) is 17.8 Å². The quantitative estimate of drug-likeness (QED) is 0.244. The van der Waals surface area contributed by atoms with Crippen LogP contribution in [0.4, 0.5) is 8.78 Å². The van der Waals surface area contributed by atoms with Gasteiger partial charge in [0.1, 0.15) is 17.4 Å². The van der Waals surface area contributed by atoms with Gasteiger partial charge >= 0.3 is 5.97 Å². The maximum absolute atomic E-state index is 15.0. The Bertz CT molecular complexity index is 1030. The van der Waals surface area contributed by atoms with E-state index in [1.54, 1.807) is 30.3 Å². The number of allylic oxidation sites excluding steroid dienone is 2. The molecule has 0 bridgehead atoms. The van der Waals surface area contributed by atoms with E-state index in [1.807, 2.05) is 0 Å². The van der Waals surface area contributed by atoms with E-state index in [1.165, 1.54) is 31.4 Å². The Morgan fingerprint density at radius 1 is 0.970 bits per heavy atom. The lowest BCUT2D eigenvalue weighted by Gasteiger charge is -2.41. The SMILES string of the molecule is C=CCCc1ccc(OC(=O)c2ccc(C3CCC4CC(C=C)CCC4C3)c(F)c2)cc1F. The molecule has 174 valence electrons. The first-order chi connectivity index (χ1) is 16.0. The van der Waals surface area contributed by atoms with Crippen LogP contribution in [0.5, 0.6) is 5.75 Å². The number of hydrogen-bond donors (Lipinski definition) is 0. The summed E-state index contributed by atoms with van der Waals surface area (Å²) in [5.74, 6) is 0.811. The van der Waals surface area contributed by atoms with Crippen LogP contribution in [0.15, 0.2) is 61.7 Å². The maximum Gasteiger partial charge on any atom is 0.343 e. The number of fused-ring (bicyclic) bond motifs is 1. The summed E-state index contributed by atoms with van der Waals surface area (Å²) >= 11 is 0. The molecule has 2 nitrogen and oxygen atoms in total. The molecule has 0 radical (unpaired) electrons. The molecule has 0 N–H and O–H groups in total. The van der Waals surface area contributed by atoms with Crippen molar-refractivity contribution >= 4 is 5.97 Å². The molecule has 0 amide bonds. The predicted molar refractivity (Wildman–Crippen MR) is 127 cm³/mol. The topological polar surface area (TPSA) is 26.3 Å². The fourth-order valence-electron chi connectivity index (χ4n) is 5.62. The number of esters is 1. The smallest absolute Gasteiger partial charge is 0.343 e. The third kappa shape index (κ3) is 5.43. The molecule has 0 heterocycles. The first kappa shape index (κ1) is 23.4. The van der Waals surface area contributed by atoms with Crippen LogP contribution in [0.3, 0.4) is 0 Å². The van der Waals surface area contributed by atoms with Crippen molar-refractivity contribution in [1.29, 1.82) is 0 Å². The van der Waals surface area contributed by atoms with Gasteiger partial charge in [-0.05, 0) is 104 Å². The van der Waals surface area contributed by atoms with Crippen LogP contribution < -0.4 is 4.74 Å². The molecule has 0 aliphatic heterocycles. The zero-order valence-electron chi connectivity index (χ0n) is 19.1. The Hall–Kier alpha value is -2.75. The molecule has 0 saturated heterocycles. The molecule has 2 aromatic rings. The standard InChI is InChI=1S/C29H32F2O2/c1-3-5-6-20-11-13-25(18-27(20)30)33-29(32)24-12-14-26(28(31)17-24)23-10-9-21-15-19(4-2)7-8-22(21)16-23/h3-4,11-14,17-19,21-23H,1-2,5-10,15-16H2. The van der Waals surface area contributed by atoms with E-state index in [-0.39, 0.29) is 23.0 Å². The van der Waals surface area contributed by atoms with Crippen LogP contribution in [0, 0.1) is 29.4 Å². The normalized spacial score (nSPS) is 24.5. The van der Waals surface area contributed by atoms with Crippen molar-refractivity contribution in [3.63, 3.8) is 0 Å². The summed E-state index contributed by atoms with van der Waals surface area (Å²) in [6, 6.07) is 8.96. The summed E-state index contributed by atoms with van der Waals surface area (Å²) in [7, 11) is 0. The molecule has 0 aromatic heterocycles. The first-order valence-corrected chi connectivity index (χ1v) is 12.0. The van der Waals surface area contributed by atoms with Crippen molar-refractivity contribution in [3.8, 4) is 5.75 Å². The minimum absolute atomic E-state index is 0.109. The summed E-state index contributed by atoms with van der Waals surface area (Å²) in [4.78, 5) is 12.5. The van der Waals surface area contributed by atoms with Gasteiger partial charge in [-0.1, -0.05) is 24.3 Å². The Morgan fingerprint density at radius 2 is 1.76 bits per heavy atom. The Kier molecular flexibility index (Phi) is 7.42. The summed E-state index contributed by atoms with van der Waals surface area (Å²) in [5, 5.41) is 0. The average molecular weight is 451 g/mol. The van der Waals surface area contributed by atoms with Crippen molar-refractivity contribution < 1.29 is 18.3 Å². The fourth-order valence-corrected chi connectivity index (χ4v) is 5.62. The maximum atomic E-state index is 15.0. The number of carbonyl (C=O) groups is 1. The summed E-state index contributed by atoms with van der Waals surface area (Å²) in [6.07, 6.45) is 11.7. The number of carbonyl (C=O) groups excluding carboxylic acids is 1. The lowest BCUT2D eigenvalue weighted by atomic mass is 9.64. The molecular formula is C29H32F2O2. The molecule has 4 unspecified atom stereocenters. The van der Waals surface area contributed by atoms with Gasteiger partial charge in [0.25, 0.3) is 0 Å². The number of benzene rings is 2. The monoisotopic (exact) mass is 450 g/mol. The van der Waals surface area contributed by atoms with Crippen molar-refractivity contribution in [3.05, 3.63) is 90.0 Å². The molecule has 2 aliphatic carbocycles. The number of ether oxygens (including phenoxy) is 1. The van der Waals surface area contributed by atoms with Gasteiger partial charge in [-0.2, -0.15) is 0 Å². The van der Waals surface area contributed by atoms with Crippen LogP contribution in [0.2, 0.25) is 0 Å². The van der Waals surface area contributed by atoms with Crippen LogP contribution in [0.1, 0.15) is 72.3 Å². The highest BCUT2D eigenvalue weighted by molar-refractivity contribution is 5.91. The number of hydrogen-bond acceptors (Lipinski definition) is 2. The van der Waals surface area contributed by atoms with E-state index >= 15 is 4.39 Å². The van der Waals surface area contributed by atoms with Gasteiger partial charge in [-0.25, -0.2) is 13.6 Å². The molecule has 2 saturated carbocycles. The van der Waals surface area contributed by atoms with Gasteiger partial charge in [0, 0.05) is 6.07 Å². The largest absolute Gasteiger partial charge is 0.423 e. The number of rotatable bonds is 7. The van der Waals surface area contributed by atoms with Crippen LogP contribution in [0.25, 0.3) is 0 Å². The second kappa shape index (κ2) is 10.5. The van der Waals surface area contributed by atoms with Crippen LogP contribution in [-0.2, 0) is 6.42 Å². The van der Waals surface area contributed by atoms with Crippen molar-refractivity contribution in [2.75, 3.05) is 0 Å². The highest BCUT2D eigenvalue weighted by Gasteiger charge is 2.36. The highest BCUT2D eigenvalue weighted by atomic mass is 19.1. The van der Waals surface area contributed by atoms with Gasteiger partial charge in [-0.3, -0.25) is 0 Å². The van der Waals surface area contributed by atoms with E-state index < -0.39 is 11.8 Å². The van der Waals surface area contributed by atoms with Crippen LogP contribution in [-0.4, -0.2) is 5.97 Å². The van der Waals surface area contributed by atoms with E-state index in [0.29, 0.717) is 35.8 Å². The molecule has 4 atom stereocenters. The highest BCUT2D eigenvalue weighted by Crippen LogP contribution is 2.48. The molecule has 2 aromatic carbocycles. The number of halogens is 2. The summed E-state index contributed by atoms with van der Waals surface area (Å²) < 4.78 is 34.5. The van der Waals surface area contributed by atoms with E-state index in [2.05, 4.69) is 19.2 Å². The van der Waals surface area contributed by atoms with Gasteiger partial charge in [0.2, 0.25) is 0 Å². The van der Waals surface area contributed by atoms with Gasteiger partial charge in [0.05, 0.1) is 5.56 Å². The summed E-state index contributed by atoms with van der Waals surface area (Å²) in [6.45, 7) is 7.59. The molecule has 2 fully saturated rings. The first-order valence-electron chi connectivity index (χ1n) is 12.0. The zero-order chi connectivity index (χ0) is 23.4. The second-order valence-corrected chi connectivity index (χ2v) is 9.55. The minimum atomic E-state index is -0.690. The molecule has 2 aliphatic rings. The Balaban J connectivity index is 1.40. The zero-order valence-corrected chi connectivity index (χ0v) is 19.1. The van der Waals surface area contributed by atoms with Crippen LogP contribution >= 0.6 is 0 Å². The fraction of sp³-hybridized carbons (Fsp3) is 0.414. The van der Waals surface area contributed by atoms with Crippen molar-refractivity contribution in [1.82, 2.24) is 0 Å². The van der Waals surface area contributed by atoms with Crippen molar-refractivity contribution in [2.45, 2.75) is 57.3 Å². The second-order valence-electron chi connectivity index (χ2n) is 9.55. The van der Waals surface area contributed by atoms with E-state index in [4.69, 9.17) is 4.74 Å².